The number of nitrogens with zero attached hydrogens (tertiary/aromatic N) is 1. The van der Waals surface area contributed by atoms with Crippen molar-refractivity contribution < 1.29 is 19.8 Å². The van der Waals surface area contributed by atoms with Crippen LogP contribution in [0.25, 0.3) is 0 Å². The van der Waals surface area contributed by atoms with E-state index in [1.807, 2.05) is 62.1 Å². The van der Waals surface area contributed by atoms with Gasteiger partial charge in [-0.1, -0.05) is 74.3 Å². The van der Waals surface area contributed by atoms with Gasteiger partial charge in [0.2, 0.25) is 5.91 Å². The molecule has 5 unspecified atom stereocenters. The summed E-state index contributed by atoms with van der Waals surface area (Å²) in [4.78, 5) is 28.1. The number of aliphatic hydroxyl groups is 1. The summed E-state index contributed by atoms with van der Waals surface area (Å²) < 4.78 is 0. The summed E-state index contributed by atoms with van der Waals surface area (Å²) in [7, 11) is 0. The predicted molar refractivity (Wildman–Crippen MR) is 139 cm³/mol. The molecule has 2 aromatic rings. The van der Waals surface area contributed by atoms with Crippen molar-refractivity contribution in [3.63, 3.8) is 0 Å². The number of aliphatic carboxylic acids is 1. The van der Waals surface area contributed by atoms with Crippen LogP contribution in [0, 0.1) is 18.3 Å². The number of carboxylic acid groups (broad SMARTS) is 1. The maximum Gasteiger partial charge on any atom is 0.304 e. The number of hydrogen-bond donors (Lipinski definition) is 2. The summed E-state index contributed by atoms with van der Waals surface area (Å²) in [6.07, 6.45) is 0.763. The average Bonchev–Trinajstić information content (AvgIpc) is 2.76. The highest BCUT2D eigenvalue weighted by atomic mass is 35.5. The molecule has 0 bridgehead atoms. The molecule has 6 heteroatoms. The maximum absolute atomic E-state index is 14.3. The van der Waals surface area contributed by atoms with E-state index in [4.69, 9.17) is 11.6 Å². The topological polar surface area (TPSA) is 77.8 Å². The van der Waals surface area contributed by atoms with Crippen LogP contribution in [0.4, 0.5) is 0 Å². The largest absolute Gasteiger partial charge is 0.481 e. The fraction of sp³-hybridized carbons (Fsp3) is 0.517. The number of carboxylic acids is 1. The second-order valence-electron chi connectivity index (χ2n) is 11.0. The number of benzene rings is 2. The third-order valence-corrected chi connectivity index (χ3v) is 8.04. The summed E-state index contributed by atoms with van der Waals surface area (Å²) in [6, 6.07) is 15.2. The smallest absolute Gasteiger partial charge is 0.304 e. The van der Waals surface area contributed by atoms with E-state index in [-0.39, 0.29) is 36.2 Å². The number of halogens is 1. The molecular weight excluding hydrogens is 462 g/mol. The molecule has 1 amide bonds. The van der Waals surface area contributed by atoms with Gasteiger partial charge in [-0.25, -0.2) is 0 Å². The van der Waals surface area contributed by atoms with Gasteiger partial charge in [-0.05, 0) is 56.9 Å². The van der Waals surface area contributed by atoms with Crippen molar-refractivity contribution in [2.24, 2.45) is 11.3 Å². The Hall–Kier alpha value is -2.37. The molecule has 1 aliphatic rings. The zero-order valence-electron chi connectivity index (χ0n) is 21.6. The van der Waals surface area contributed by atoms with E-state index in [2.05, 4.69) is 12.1 Å². The van der Waals surface area contributed by atoms with E-state index in [0.29, 0.717) is 17.9 Å². The van der Waals surface area contributed by atoms with Crippen LogP contribution in [0.5, 0.6) is 0 Å². The van der Waals surface area contributed by atoms with Crippen molar-refractivity contribution in [3.8, 4) is 0 Å². The van der Waals surface area contributed by atoms with Crippen LogP contribution in [0.15, 0.2) is 48.5 Å². The van der Waals surface area contributed by atoms with Crippen LogP contribution in [0.1, 0.15) is 82.5 Å². The molecule has 0 radical (unpaired) electrons. The van der Waals surface area contributed by atoms with Crippen molar-refractivity contribution in [1.82, 2.24) is 4.90 Å². The fourth-order valence-corrected chi connectivity index (χ4v) is 5.81. The van der Waals surface area contributed by atoms with Gasteiger partial charge in [0, 0.05) is 22.9 Å². The normalized spacial score (nSPS) is 24.8. The van der Waals surface area contributed by atoms with Gasteiger partial charge in [-0.2, -0.15) is 0 Å². The summed E-state index contributed by atoms with van der Waals surface area (Å²) in [5.41, 5.74) is 0.975. The van der Waals surface area contributed by atoms with Crippen LogP contribution in [0.2, 0.25) is 5.02 Å². The van der Waals surface area contributed by atoms with Crippen molar-refractivity contribution in [3.05, 3.63) is 70.2 Å². The van der Waals surface area contributed by atoms with Gasteiger partial charge < -0.3 is 15.1 Å². The zero-order chi connectivity index (χ0) is 26.1. The Balaban J connectivity index is 2.28. The molecule has 1 saturated heterocycles. The van der Waals surface area contributed by atoms with Crippen LogP contribution < -0.4 is 0 Å². The number of carbonyl (C=O) groups excluding carboxylic acids is 1. The van der Waals surface area contributed by atoms with Gasteiger partial charge in [-0.15, -0.1) is 0 Å². The van der Waals surface area contributed by atoms with Gasteiger partial charge in [-0.3, -0.25) is 9.59 Å². The third-order valence-electron chi connectivity index (χ3n) is 7.81. The number of carbonyl (C=O) groups is 2. The molecule has 35 heavy (non-hydrogen) atoms. The van der Waals surface area contributed by atoms with E-state index in [0.717, 1.165) is 16.7 Å². The first kappa shape index (κ1) is 27.2. The lowest BCUT2D eigenvalue weighted by Crippen LogP contribution is -2.59. The molecule has 0 aliphatic carbocycles. The number of aryl methyl sites for hydroxylation is 1. The van der Waals surface area contributed by atoms with E-state index in [1.54, 1.807) is 20.8 Å². The molecule has 2 aromatic carbocycles. The number of amides is 1. The monoisotopic (exact) mass is 499 g/mol. The quantitative estimate of drug-likeness (QED) is 0.442. The first-order valence-electron chi connectivity index (χ1n) is 12.4. The van der Waals surface area contributed by atoms with Gasteiger partial charge in [0.25, 0.3) is 0 Å². The van der Waals surface area contributed by atoms with Crippen LogP contribution in [0.3, 0.4) is 0 Å². The minimum atomic E-state index is -1.09. The molecule has 0 spiro atoms. The van der Waals surface area contributed by atoms with Crippen molar-refractivity contribution in [2.45, 2.75) is 84.4 Å². The molecule has 1 fully saturated rings. The van der Waals surface area contributed by atoms with E-state index in [1.165, 1.54) is 0 Å². The lowest BCUT2D eigenvalue weighted by Gasteiger charge is -2.54. The molecule has 3 rings (SSSR count). The van der Waals surface area contributed by atoms with Gasteiger partial charge in [0.05, 0.1) is 23.5 Å². The first-order chi connectivity index (χ1) is 16.3. The Kier molecular flexibility index (Phi) is 8.02. The molecule has 190 valence electrons. The second kappa shape index (κ2) is 10.3. The number of rotatable bonds is 8. The molecule has 1 heterocycles. The lowest BCUT2D eigenvalue weighted by molar-refractivity contribution is -0.164. The van der Waals surface area contributed by atoms with Gasteiger partial charge in [0.1, 0.15) is 0 Å². The molecule has 5 atom stereocenters. The summed E-state index contributed by atoms with van der Waals surface area (Å²) in [5, 5.41) is 21.3. The van der Waals surface area contributed by atoms with Crippen molar-refractivity contribution >= 4 is 23.5 Å². The third kappa shape index (κ3) is 5.73. The molecule has 1 aliphatic heterocycles. The number of piperidine rings is 1. The fourth-order valence-electron chi connectivity index (χ4n) is 5.61. The predicted octanol–water partition coefficient (Wildman–Crippen LogP) is 6.37. The summed E-state index contributed by atoms with van der Waals surface area (Å²) in [5.74, 6) is -1.58. The van der Waals surface area contributed by atoms with Gasteiger partial charge in [0.15, 0.2) is 0 Å². The van der Waals surface area contributed by atoms with Crippen LogP contribution >= 0.6 is 11.6 Å². The highest BCUT2D eigenvalue weighted by molar-refractivity contribution is 6.30. The zero-order valence-corrected chi connectivity index (χ0v) is 22.3. The molecule has 5 nitrogen and oxygen atoms in total. The van der Waals surface area contributed by atoms with Crippen LogP contribution in [-0.4, -0.2) is 38.6 Å². The average molecular weight is 500 g/mol. The lowest BCUT2D eigenvalue weighted by atomic mass is 9.66. The first-order valence-corrected chi connectivity index (χ1v) is 12.7. The van der Waals surface area contributed by atoms with Crippen molar-refractivity contribution in [1.29, 1.82) is 0 Å². The second-order valence-corrected chi connectivity index (χ2v) is 11.4. The number of likely N-dealkylation sites (tertiary alicyclic amines) is 1. The molecule has 0 saturated carbocycles. The number of hydrogen-bond acceptors (Lipinski definition) is 3. The Bertz CT molecular complexity index is 1060. The standard InChI is InChI=1S/C29H38ClNO4/c1-7-24(19(3)28(4,5)35)31-26(20-13-11-18(2)12-14-20)23(21-9-8-10-22(30)15-21)16-29(6,27(31)34)17-25(32)33/h8-15,19,23-24,26,35H,7,16-17H2,1-6H3,(H,32,33). The van der Waals surface area contributed by atoms with Crippen LogP contribution in [-0.2, 0) is 9.59 Å². The Morgan fingerprint density at radius 2 is 1.83 bits per heavy atom. The van der Waals surface area contributed by atoms with E-state index < -0.39 is 17.0 Å². The Morgan fingerprint density at radius 1 is 1.20 bits per heavy atom. The summed E-state index contributed by atoms with van der Waals surface area (Å²) >= 11 is 6.39. The molecule has 2 N–H and O–H groups in total. The Morgan fingerprint density at radius 3 is 2.34 bits per heavy atom. The maximum atomic E-state index is 14.3. The van der Waals surface area contributed by atoms with E-state index in [9.17, 15) is 19.8 Å². The highest BCUT2D eigenvalue weighted by Gasteiger charge is 2.53. The minimum Gasteiger partial charge on any atom is -0.481 e. The SMILES string of the molecule is CCC(C(C)C(C)(C)O)N1C(=O)C(C)(CC(=O)O)CC(c2cccc(Cl)c2)C1c1ccc(C)cc1. The van der Waals surface area contributed by atoms with Crippen molar-refractivity contribution in [2.75, 3.05) is 0 Å². The highest BCUT2D eigenvalue weighted by Crippen LogP contribution is 2.53. The molecular formula is C29H38ClNO4. The molecule has 0 aromatic heterocycles. The summed E-state index contributed by atoms with van der Waals surface area (Å²) in [6.45, 7) is 11.3. The van der Waals surface area contributed by atoms with E-state index >= 15 is 0 Å². The van der Waals surface area contributed by atoms with Gasteiger partial charge >= 0.3 is 5.97 Å². The minimum absolute atomic E-state index is 0.165. The Labute approximate surface area is 214 Å².